The van der Waals surface area contributed by atoms with Crippen molar-refractivity contribution in [3.63, 3.8) is 0 Å². The van der Waals surface area contributed by atoms with Crippen LogP contribution in [0.2, 0.25) is 0 Å². The zero-order valence-electron chi connectivity index (χ0n) is 17.8. The Morgan fingerprint density at radius 2 is 1.89 bits per heavy atom. The summed E-state index contributed by atoms with van der Waals surface area (Å²) in [5.41, 5.74) is 2.72. The number of carbonyl (C=O) groups excluding carboxylic acids is 1. The van der Waals surface area contributed by atoms with Crippen molar-refractivity contribution in [1.29, 1.82) is 0 Å². The fourth-order valence-electron chi connectivity index (χ4n) is 6.67. The maximum absolute atomic E-state index is 13.5. The van der Waals surface area contributed by atoms with Crippen molar-refractivity contribution < 1.29 is 4.79 Å². The van der Waals surface area contributed by atoms with Crippen molar-refractivity contribution in [2.45, 2.75) is 65.7 Å². The van der Waals surface area contributed by atoms with Gasteiger partial charge in [0.05, 0.1) is 5.41 Å². The molecule has 1 amide bonds. The number of nitrogens with one attached hydrogen (secondary N) is 1. The van der Waals surface area contributed by atoms with Crippen molar-refractivity contribution in [2.75, 3.05) is 5.32 Å². The van der Waals surface area contributed by atoms with Crippen molar-refractivity contribution in [2.24, 2.45) is 28.1 Å². The van der Waals surface area contributed by atoms with E-state index in [0.717, 1.165) is 31.4 Å². The average molecular weight is 378 g/mol. The smallest absolute Gasteiger partial charge is 0.230 e. The SMILES string of the molecule is C=CC1(C)CCC2C(=CCC3C(C)(C(=O)Nc4ccccc4)CCCC23C)C1. The van der Waals surface area contributed by atoms with Crippen LogP contribution < -0.4 is 5.32 Å². The van der Waals surface area contributed by atoms with Crippen molar-refractivity contribution >= 4 is 11.6 Å². The first-order valence-corrected chi connectivity index (χ1v) is 11.0. The summed E-state index contributed by atoms with van der Waals surface area (Å²) in [5.74, 6) is 1.25. The van der Waals surface area contributed by atoms with E-state index in [0.29, 0.717) is 11.8 Å². The van der Waals surface area contributed by atoms with E-state index in [9.17, 15) is 4.79 Å². The van der Waals surface area contributed by atoms with Crippen molar-refractivity contribution in [3.8, 4) is 0 Å². The molecule has 2 nitrogen and oxygen atoms in total. The highest BCUT2D eigenvalue weighted by molar-refractivity contribution is 5.95. The van der Waals surface area contributed by atoms with Crippen LogP contribution in [-0.2, 0) is 4.79 Å². The third kappa shape index (κ3) is 3.06. The van der Waals surface area contributed by atoms with E-state index >= 15 is 0 Å². The Hall–Kier alpha value is -1.83. The molecule has 4 rings (SSSR count). The van der Waals surface area contributed by atoms with Gasteiger partial charge in [0.1, 0.15) is 0 Å². The molecular weight excluding hydrogens is 342 g/mol. The van der Waals surface area contributed by atoms with E-state index in [-0.39, 0.29) is 22.2 Å². The minimum absolute atomic E-state index is 0.207. The number of hydrogen-bond donors (Lipinski definition) is 1. The lowest BCUT2D eigenvalue weighted by atomic mass is 9.45. The Balaban J connectivity index is 1.63. The van der Waals surface area contributed by atoms with Crippen LogP contribution in [-0.4, -0.2) is 5.91 Å². The summed E-state index contributed by atoms with van der Waals surface area (Å²) in [6, 6.07) is 9.93. The number of rotatable bonds is 3. The van der Waals surface area contributed by atoms with Gasteiger partial charge in [0.25, 0.3) is 0 Å². The fraction of sp³-hybridized carbons (Fsp3) is 0.577. The second-order valence-electron chi connectivity index (χ2n) is 10.3. The number of amides is 1. The van der Waals surface area contributed by atoms with E-state index in [2.05, 4.69) is 44.8 Å². The fourth-order valence-corrected chi connectivity index (χ4v) is 6.67. The van der Waals surface area contributed by atoms with Gasteiger partial charge in [-0.1, -0.05) is 63.1 Å². The van der Waals surface area contributed by atoms with Crippen LogP contribution in [0.3, 0.4) is 0 Å². The van der Waals surface area contributed by atoms with E-state index in [1.165, 1.54) is 19.3 Å². The van der Waals surface area contributed by atoms with Crippen LogP contribution in [0.25, 0.3) is 0 Å². The molecule has 1 N–H and O–H groups in total. The molecule has 3 aliphatic carbocycles. The van der Waals surface area contributed by atoms with Gasteiger partial charge in [-0.05, 0) is 73.3 Å². The molecule has 0 spiro atoms. The van der Waals surface area contributed by atoms with Gasteiger partial charge in [-0.2, -0.15) is 0 Å². The molecule has 5 unspecified atom stereocenters. The molecule has 0 radical (unpaired) electrons. The van der Waals surface area contributed by atoms with Crippen molar-refractivity contribution in [3.05, 3.63) is 54.6 Å². The van der Waals surface area contributed by atoms with Gasteiger partial charge in [0.2, 0.25) is 5.91 Å². The molecule has 150 valence electrons. The zero-order chi connectivity index (χ0) is 20.0. The Morgan fingerprint density at radius 1 is 1.14 bits per heavy atom. The lowest BCUT2D eigenvalue weighted by Gasteiger charge is -2.59. The molecule has 3 aliphatic rings. The number of para-hydroxylation sites is 1. The van der Waals surface area contributed by atoms with Gasteiger partial charge in [-0.15, -0.1) is 6.58 Å². The molecule has 28 heavy (non-hydrogen) atoms. The summed E-state index contributed by atoms with van der Waals surface area (Å²) in [4.78, 5) is 13.5. The molecule has 0 aromatic heterocycles. The number of benzene rings is 1. The number of allylic oxidation sites excluding steroid dienone is 3. The van der Waals surface area contributed by atoms with E-state index < -0.39 is 0 Å². The predicted molar refractivity (Wildman–Crippen MR) is 117 cm³/mol. The van der Waals surface area contributed by atoms with Gasteiger partial charge in [-0.25, -0.2) is 0 Å². The first-order chi connectivity index (χ1) is 13.3. The average Bonchev–Trinajstić information content (AvgIpc) is 2.68. The third-order valence-electron chi connectivity index (χ3n) is 8.49. The van der Waals surface area contributed by atoms with E-state index in [1.807, 2.05) is 30.3 Å². The molecule has 0 bridgehead atoms. The summed E-state index contributed by atoms with van der Waals surface area (Å²) in [6.07, 6.45) is 12.7. The number of hydrogen-bond acceptors (Lipinski definition) is 1. The molecule has 1 aromatic rings. The Morgan fingerprint density at radius 3 is 2.61 bits per heavy atom. The monoisotopic (exact) mass is 377 g/mol. The van der Waals surface area contributed by atoms with Crippen LogP contribution in [0.1, 0.15) is 65.7 Å². The Kier molecular flexibility index (Phi) is 4.80. The lowest BCUT2D eigenvalue weighted by molar-refractivity contribution is -0.139. The second kappa shape index (κ2) is 6.90. The molecular formula is C26H35NO. The van der Waals surface area contributed by atoms with Gasteiger partial charge in [-0.3, -0.25) is 4.79 Å². The van der Waals surface area contributed by atoms with Crippen LogP contribution in [0.15, 0.2) is 54.6 Å². The summed E-state index contributed by atoms with van der Waals surface area (Å²) in [5, 5.41) is 3.22. The quantitative estimate of drug-likeness (QED) is 0.579. The Bertz CT molecular complexity index is 796. The molecule has 2 saturated carbocycles. The maximum Gasteiger partial charge on any atom is 0.230 e. The maximum atomic E-state index is 13.5. The molecule has 2 fully saturated rings. The van der Waals surface area contributed by atoms with Gasteiger partial charge in [0.15, 0.2) is 0 Å². The minimum Gasteiger partial charge on any atom is -0.326 e. The van der Waals surface area contributed by atoms with Gasteiger partial charge >= 0.3 is 0 Å². The first-order valence-electron chi connectivity index (χ1n) is 11.0. The van der Waals surface area contributed by atoms with Gasteiger partial charge in [0, 0.05) is 5.69 Å². The Labute approximate surface area is 170 Å². The highest BCUT2D eigenvalue weighted by Crippen LogP contribution is 2.63. The molecule has 0 aliphatic heterocycles. The lowest BCUT2D eigenvalue weighted by Crippen LogP contribution is -2.55. The normalized spacial score (nSPS) is 39.9. The van der Waals surface area contributed by atoms with E-state index in [1.54, 1.807) is 5.57 Å². The number of anilines is 1. The highest BCUT2D eigenvalue weighted by Gasteiger charge is 2.57. The van der Waals surface area contributed by atoms with Gasteiger partial charge < -0.3 is 5.32 Å². The topological polar surface area (TPSA) is 29.1 Å². The van der Waals surface area contributed by atoms with Crippen LogP contribution in [0.5, 0.6) is 0 Å². The standard InChI is InChI=1S/C26H35NO/c1-5-24(2)17-14-21-19(18-24)12-13-22-25(21,3)15-9-16-26(22,4)23(28)27-20-10-7-6-8-11-20/h5-8,10-12,21-22H,1,9,13-18H2,2-4H3,(H,27,28). The minimum atomic E-state index is -0.302. The zero-order valence-corrected chi connectivity index (χ0v) is 17.8. The summed E-state index contributed by atoms with van der Waals surface area (Å²) in [6.45, 7) is 11.2. The van der Waals surface area contributed by atoms with E-state index in [4.69, 9.17) is 0 Å². The molecule has 0 saturated heterocycles. The predicted octanol–water partition coefficient (Wildman–Crippen LogP) is 6.76. The second-order valence-corrected chi connectivity index (χ2v) is 10.3. The molecule has 5 atom stereocenters. The first kappa shape index (κ1) is 19.5. The summed E-state index contributed by atoms with van der Waals surface area (Å²) in [7, 11) is 0. The summed E-state index contributed by atoms with van der Waals surface area (Å²) < 4.78 is 0. The van der Waals surface area contributed by atoms with Crippen LogP contribution in [0.4, 0.5) is 5.69 Å². The van der Waals surface area contributed by atoms with Crippen LogP contribution >= 0.6 is 0 Å². The molecule has 1 aromatic carbocycles. The molecule has 2 heteroatoms. The third-order valence-corrected chi connectivity index (χ3v) is 8.49. The summed E-state index contributed by atoms with van der Waals surface area (Å²) >= 11 is 0. The largest absolute Gasteiger partial charge is 0.326 e. The molecule has 0 heterocycles. The van der Waals surface area contributed by atoms with Crippen molar-refractivity contribution in [1.82, 2.24) is 0 Å². The number of fused-ring (bicyclic) bond motifs is 3. The highest BCUT2D eigenvalue weighted by atomic mass is 16.2. The van der Waals surface area contributed by atoms with Crippen LogP contribution in [0, 0.1) is 28.1 Å². The number of carbonyl (C=O) groups is 1.